The average Bonchev–Trinajstić information content (AvgIpc) is 2.92. The van der Waals surface area contributed by atoms with Crippen molar-refractivity contribution in [2.75, 3.05) is 6.54 Å². The number of halogens is 3. The van der Waals surface area contributed by atoms with E-state index in [1.165, 1.54) is 17.0 Å². The minimum Gasteiger partial charge on any atom is -0.480 e. The molecule has 0 aliphatic carbocycles. The lowest BCUT2D eigenvalue weighted by Gasteiger charge is -2.18. The molecule has 1 heterocycles. The van der Waals surface area contributed by atoms with Crippen LogP contribution in [0.3, 0.4) is 0 Å². The summed E-state index contributed by atoms with van der Waals surface area (Å²) in [6.07, 6.45) is -4.37. The highest BCUT2D eigenvalue weighted by molar-refractivity contribution is 5.91. The van der Waals surface area contributed by atoms with Gasteiger partial charge in [-0.3, -0.25) is 9.59 Å². The average molecular weight is 372 g/mol. The monoisotopic (exact) mass is 372 g/mol. The molecule has 1 aromatic rings. The lowest BCUT2D eigenvalue weighted by Crippen LogP contribution is -2.43. The van der Waals surface area contributed by atoms with E-state index in [1.54, 1.807) is 6.92 Å². The Hall–Kier alpha value is -2.58. The number of benzene rings is 1. The first-order chi connectivity index (χ1) is 12.1. The van der Waals surface area contributed by atoms with E-state index in [0.717, 1.165) is 12.1 Å². The van der Waals surface area contributed by atoms with Crippen LogP contribution in [-0.4, -0.2) is 40.4 Å². The topological polar surface area (TPSA) is 86.7 Å². The summed E-state index contributed by atoms with van der Waals surface area (Å²) in [6, 6.07) is 3.63. The van der Waals surface area contributed by atoms with Crippen LogP contribution in [0.5, 0.6) is 0 Å². The van der Waals surface area contributed by atoms with Crippen molar-refractivity contribution in [1.29, 1.82) is 0 Å². The van der Waals surface area contributed by atoms with E-state index in [0.29, 0.717) is 5.56 Å². The maximum absolute atomic E-state index is 12.8. The van der Waals surface area contributed by atoms with Crippen LogP contribution in [0.25, 0.3) is 0 Å². The molecule has 2 atom stereocenters. The summed E-state index contributed by atoms with van der Waals surface area (Å²) < 4.78 is 38.3. The molecule has 26 heavy (non-hydrogen) atoms. The van der Waals surface area contributed by atoms with E-state index in [1.807, 2.05) is 0 Å². The van der Waals surface area contributed by atoms with Crippen molar-refractivity contribution in [3.63, 3.8) is 0 Å². The van der Waals surface area contributed by atoms with E-state index in [2.05, 4.69) is 5.32 Å². The Morgan fingerprint density at radius 3 is 2.65 bits per heavy atom. The van der Waals surface area contributed by atoms with Gasteiger partial charge in [0.15, 0.2) is 0 Å². The Labute approximate surface area is 148 Å². The third-order valence-electron chi connectivity index (χ3n) is 4.24. The quantitative estimate of drug-likeness (QED) is 0.800. The molecule has 0 radical (unpaired) electrons. The zero-order valence-corrected chi connectivity index (χ0v) is 14.0. The Morgan fingerprint density at radius 1 is 1.38 bits per heavy atom. The first-order valence-corrected chi connectivity index (χ1v) is 8.09. The standard InChI is InChI=1S/C17H19F3N2O4/c1-2-13(16(25)26)21-15(24)11-7-14(23)22(9-11)8-10-4-3-5-12(6-10)17(18,19)20/h3-6,11,13H,2,7-9H2,1H3,(H,21,24)(H,25,26). The molecule has 0 saturated carbocycles. The van der Waals surface area contributed by atoms with E-state index in [-0.39, 0.29) is 31.8 Å². The molecular weight excluding hydrogens is 353 g/mol. The van der Waals surface area contributed by atoms with Crippen molar-refractivity contribution in [3.05, 3.63) is 35.4 Å². The van der Waals surface area contributed by atoms with Crippen molar-refractivity contribution < 1.29 is 32.7 Å². The minimum atomic E-state index is -4.47. The molecule has 0 bridgehead atoms. The number of hydrogen-bond acceptors (Lipinski definition) is 3. The molecule has 2 rings (SSSR count). The fraction of sp³-hybridized carbons (Fsp3) is 0.471. The summed E-state index contributed by atoms with van der Waals surface area (Å²) >= 11 is 0. The summed E-state index contributed by atoms with van der Waals surface area (Å²) in [4.78, 5) is 36.5. The van der Waals surface area contributed by atoms with Gasteiger partial charge in [0.1, 0.15) is 6.04 Å². The van der Waals surface area contributed by atoms with Crippen LogP contribution in [0, 0.1) is 5.92 Å². The van der Waals surface area contributed by atoms with Crippen molar-refractivity contribution in [3.8, 4) is 0 Å². The number of alkyl halides is 3. The molecule has 1 aliphatic heterocycles. The van der Waals surface area contributed by atoms with Crippen LogP contribution in [0.4, 0.5) is 13.2 Å². The molecule has 0 spiro atoms. The fourth-order valence-electron chi connectivity index (χ4n) is 2.80. The molecule has 6 nitrogen and oxygen atoms in total. The number of hydrogen-bond donors (Lipinski definition) is 2. The summed E-state index contributed by atoms with van der Waals surface area (Å²) in [5, 5.41) is 11.3. The number of nitrogens with zero attached hydrogens (tertiary/aromatic N) is 1. The predicted octanol–water partition coefficient (Wildman–Crippen LogP) is 2.03. The third kappa shape index (κ3) is 4.74. The minimum absolute atomic E-state index is 0.0387. The normalized spacial score (nSPS) is 18.7. The molecule has 0 aromatic heterocycles. The van der Waals surface area contributed by atoms with Gasteiger partial charge in [-0.15, -0.1) is 0 Å². The number of carboxylic acid groups (broad SMARTS) is 1. The van der Waals surface area contributed by atoms with Crippen molar-refractivity contribution in [2.24, 2.45) is 5.92 Å². The Morgan fingerprint density at radius 2 is 2.08 bits per heavy atom. The Balaban J connectivity index is 2.02. The van der Waals surface area contributed by atoms with Gasteiger partial charge in [0.05, 0.1) is 11.5 Å². The molecular formula is C17H19F3N2O4. The maximum atomic E-state index is 12.8. The molecule has 2 unspecified atom stereocenters. The van der Waals surface area contributed by atoms with Gasteiger partial charge >= 0.3 is 12.1 Å². The summed E-state index contributed by atoms with van der Waals surface area (Å²) in [7, 11) is 0. The van der Waals surface area contributed by atoms with Gasteiger partial charge in [-0.05, 0) is 24.1 Å². The predicted molar refractivity (Wildman–Crippen MR) is 84.8 cm³/mol. The van der Waals surface area contributed by atoms with Gasteiger partial charge in [-0.2, -0.15) is 13.2 Å². The number of likely N-dealkylation sites (tertiary alicyclic amines) is 1. The second-order valence-corrected chi connectivity index (χ2v) is 6.18. The van der Waals surface area contributed by atoms with E-state index < -0.39 is 35.6 Å². The molecule has 2 amide bonds. The largest absolute Gasteiger partial charge is 0.480 e. The summed E-state index contributed by atoms with van der Waals surface area (Å²) in [5.74, 6) is -2.78. The van der Waals surface area contributed by atoms with E-state index >= 15 is 0 Å². The SMILES string of the molecule is CCC(NC(=O)C1CC(=O)N(Cc2cccc(C(F)(F)F)c2)C1)C(=O)O. The molecule has 1 fully saturated rings. The lowest BCUT2D eigenvalue weighted by atomic mass is 10.1. The molecule has 142 valence electrons. The zero-order valence-electron chi connectivity index (χ0n) is 14.0. The van der Waals surface area contributed by atoms with Crippen LogP contribution in [0.2, 0.25) is 0 Å². The fourth-order valence-corrected chi connectivity index (χ4v) is 2.80. The Kier molecular flexibility index (Phi) is 5.89. The lowest BCUT2D eigenvalue weighted by molar-refractivity contribution is -0.142. The van der Waals surface area contributed by atoms with Crippen molar-refractivity contribution in [1.82, 2.24) is 10.2 Å². The third-order valence-corrected chi connectivity index (χ3v) is 4.24. The number of amides is 2. The van der Waals surface area contributed by atoms with Gasteiger partial charge in [-0.1, -0.05) is 19.1 Å². The highest BCUT2D eigenvalue weighted by atomic mass is 19.4. The molecule has 2 N–H and O–H groups in total. The van der Waals surface area contributed by atoms with Crippen LogP contribution >= 0.6 is 0 Å². The van der Waals surface area contributed by atoms with Gasteiger partial charge in [-0.25, -0.2) is 4.79 Å². The second-order valence-electron chi connectivity index (χ2n) is 6.18. The van der Waals surface area contributed by atoms with E-state index in [4.69, 9.17) is 5.11 Å². The molecule has 1 aliphatic rings. The first-order valence-electron chi connectivity index (χ1n) is 8.09. The molecule has 9 heteroatoms. The van der Waals surface area contributed by atoms with Gasteiger partial charge in [0.2, 0.25) is 11.8 Å². The van der Waals surface area contributed by atoms with Crippen LogP contribution in [-0.2, 0) is 27.1 Å². The molecule has 1 saturated heterocycles. The smallest absolute Gasteiger partial charge is 0.416 e. The number of carbonyl (C=O) groups excluding carboxylic acids is 2. The first kappa shape index (κ1) is 19.7. The van der Waals surface area contributed by atoms with Crippen LogP contribution < -0.4 is 5.32 Å². The number of aliphatic carboxylic acids is 1. The number of carboxylic acids is 1. The van der Waals surface area contributed by atoms with Gasteiger partial charge < -0.3 is 15.3 Å². The zero-order chi connectivity index (χ0) is 19.5. The van der Waals surface area contributed by atoms with Crippen LogP contribution in [0.1, 0.15) is 30.9 Å². The highest BCUT2D eigenvalue weighted by Crippen LogP contribution is 2.30. The summed E-state index contributed by atoms with van der Waals surface area (Å²) in [5.41, 5.74) is -0.491. The van der Waals surface area contributed by atoms with Gasteiger partial charge in [0, 0.05) is 19.5 Å². The number of carbonyl (C=O) groups is 3. The number of rotatable bonds is 6. The highest BCUT2D eigenvalue weighted by Gasteiger charge is 2.36. The van der Waals surface area contributed by atoms with E-state index in [9.17, 15) is 27.6 Å². The van der Waals surface area contributed by atoms with Gasteiger partial charge in [0.25, 0.3) is 0 Å². The molecule has 1 aromatic carbocycles. The number of nitrogens with one attached hydrogen (secondary N) is 1. The van der Waals surface area contributed by atoms with Crippen LogP contribution in [0.15, 0.2) is 24.3 Å². The second kappa shape index (κ2) is 7.76. The maximum Gasteiger partial charge on any atom is 0.416 e. The van der Waals surface area contributed by atoms with Crippen molar-refractivity contribution >= 4 is 17.8 Å². The van der Waals surface area contributed by atoms with Crippen molar-refractivity contribution in [2.45, 2.75) is 38.5 Å². The summed E-state index contributed by atoms with van der Waals surface area (Å²) in [6.45, 7) is 1.61. The Bertz CT molecular complexity index is 705.